The summed E-state index contributed by atoms with van der Waals surface area (Å²) in [5.74, 6) is 1.57. The molecule has 4 heteroatoms. The predicted molar refractivity (Wildman–Crippen MR) is 88.6 cm³/mol. The summed E-state index contributed by atoms with van der Waals surface area (Å²) >= 11 is 10.3. The molecule has 2 aromatic rings. The highest BCUT2D eigenvalue weighted by atomic mass is 79.9. The zero-order chi connectivity index (χ0) is 14.8. The Morgan fingerprint density at radius 2 is 1.86 bits per heavy atom. The summed E-state index contributed by atoms with van der Waals surface area (Å²) in [6.45, 7) is 3.43. The predicted octanol–water partition coefficient (Wildman–Crippen LogP) is 5.25. The normalized spacial score (nSPS) is 15.4. The Morgan fingerprint density at radius 1 is 1.10 bits per heavy atom. The molecule has 1 aliphatic heterocycles. The number of fused-ring (bicyclic) bond motifs is 1. The summed E-state index contributed by atoms with van der Waals surface area (Å²) in [5, 5.41) is -0.226. The summed E-state index contributed by atoms with van der Waals surface area (Å²) in [4.78, 5) is 0. The number of ether oxygens (including phenoxy) is 2. The minimum absolute atomic E-state index is 0.226. The fraction of sp³-hybridized carbons (Fsp3) is 0.294. The second-order valence-corrected chi connectivity index (χ2v) is 6.33. The maximum atomic E-state index is 6.67. The molecule has 3 rings (SSSR count). The average Bonchev–Trinajstić information content (AvgIpc) is 2.74. The van der Waals surface area contributed by atoms with E-state index in [-0.39, 0.29) is 5.38 Å². The number of aryl methyl sites for hydroxylation is 1. The van der Waals surface area contributed by atoms with Crippen molar-refractivity contribution in [3.63, 3.8) is 0 Å². The molecule has 0 amide bonds. The molecule has 0 N–H and O–H groups in total. The van der Waals surface area contributed by atoms with Crippen molar-refractivity contribution in [2.24, 2.45) is 0 Å². The summed E-state index contributed by atoms with van der Waals surface area (Å²) in [7, 11) is 0. The smallest absolute Gasteiger partial charge is 0.161 e. The highest BCUT2D eigenvalue weighted by Crippen LogP contribution is 2.39. The van der Waals surface area contributed by atoms with E-state index in [1.54, 1.807) is 0 Å². The van der Waals surface area contributed by atoms with Crippen LogP contribution in [0.2, 0.25) is 0 Å². The van der Waals surface area contributed by atoms with Crippen LogP contribution in [0.15, 0.2) is 40.9 Å². The third-order valence-electron chi connectivity index (χ3n) is 3.56. The Bertz CT molecular complexity index is 657. The molecule has 2 nitrogen and oxygen atoms in total. The van der Waals surface area contributed by atoms with Gasteiger partial charge in [-0.15, -0.1) is 11.6 Å². The average molecular weight is 368 g/mol. The minimum atomic E-state index is -0.226. The number of halogens is 2. The molecular formula is C17H16BrClO2. The van der Waals surface area contributed by atoms with Gasteiger partial charge in [0.2, 0.25) is 0 Å². The lowest BCUT2D eigenvalue weighted by Crippen LogP contribution is -1.98. The topological polar surface area (TPSA) is 18.5 Å². The van der Waals surface area contributed by atoms with Gasteiger partial charge in [0.25, 0.3) is 0 Å². The van der Waals surface area contributed by atoms with Gasteiger partial charge in [0.15, 0.2) is 11.5 Å². The third-order valence-corrected chi connectivity index (χ3v) is 5.13. The van der Waals surface area contributed by atoms with Crippen LogP contribution in [0.1, 0.15) is 28.5 Å². The van der Waals surface area contributed by atoms with E-state index in [4.69, 9.17) is 21.1 Å². The first-order chi connectivity index (χ1) is 10.2. The Kier molecular flexibility index (Phi) is 4.41. The summed E-state index contributed by atoms with van der Waals surface area (Å²) < 4.78 is 12.4. The summed E-state index contributed by atoms with van der Waals surface area (Å²) in [6, 6.07) is 12.0. The molecular weight excluding hydrogens is 352 g/mol. The molecule has 0 radical (unpaired) electrons. The molecule has 1 heterocycles. The number of hydrogen-bond acceptors (Lipinski definition) is 2. The van der Waals surface area contributed by atoms with Crippen molar-refractivity contribution in [3.8, 4) is 11.5 Å². The zero-order valence-electron chi connectivity index (χ0n) is 11.7. The largest absolute Gasteiger partial charge is 0.490 e. The van der Waals surface area contributed by atoms with Gasteiger partial charge in [0.05, 0.1) is 18.6 Å². The van der Waals surface area contributed by atoms with E-state index in [1.165, 1.54) is 5.56 Å². The minimum Gasteiger partial charge on any atom is -0.490 e. The Balaban J connectivity index is 1.96. The van der Waals surface area contributed by atoms with Gasteiger partial charge >= 0.3 is 0 Å². The second kappa shape index (κ2) is 6.29. The van der Waals surface area contributed by atoms with Gasteiger partial charge in [-0.05, 0) is 35.7 Å². The van der Waals surface area contributed by atoms with Crippen LogP contribution in [0, 0.1) is 6.92 Å². The molecule has 110 valence electrons. The van der Waals surface area contributed by atoms with Crippen molar-refractivity contribution in [2.45, 2.75) is 18.7 Å². The van der Waals surface area contributed by atoms with Crippen molar-refractivity contribution < 1.29 is 9.47 Å². The molecule has 1 unspecified atom stereocenters. The Morgan fingerprint density at radius 3 is 2.67 bits per heavy atom. The second-order valence-electron chi connectivity index (χ2n) is 5.10. The van der Waals surface area contributed by atoms with E-state index >= 15 is 0 Å². The van der Waals surface area contributed by atoms with Crippen LogP contribution in [0.25, 0.3) is 0 Å². The van der Waals surface area contributed by atoms with Crippen molar-refractivity contribution in [1.82, 2.24) is 0 Å². The molecule has 0 saturated heterocycles. The van der Waals surface area contributed by atoms with Gasteiger partial charge in [0.1, 0.15) is 0 Å². The molecule has 1 aliphatic rings. The van der Waals surface area contributed by atoms with Gasteiger partial charge in [0, 0.05) is 10.9 Å². The van der Waals surface area contributed by atoms with E-state index in [2.05, 4.69) is 28.9 Å². The number of hydrogen-bond donors (Lipinski definition) is 0. The van der Waals surface area contributed by atoms with E-state index in [0.717, 1.165) is 33.5 Å². The van der Waals surface area contributed by atoms with Crippen LogP contribution in [0.5, 0.6) is 11.5 Å². The van der Waals surface area contributed by atoms with Gasteiger partial charge < -0.3 is 9.47 Å². The lowest BCUT2D eigenvalue weighted by Gasteiger charge is -2.16. The fourth-order valence-corrected chi connectivity index (χ4v) is 3.33. The highest BCUT2D eigenvalue weighted by molar-refractivity contribution is 9.10. The van der Waals surface area contributed by atoms with Crippen LogP contribution in [-0.4, -0.2) is 13.2 Å². The first-order valence-corrected chi connectivity index (χ1v) is 8.18. The van der Waals surface area contributed by atoms with E-state index in [1.807, 2.05) is 30.3 Å². The Hall–Kier alpha value is -1.19. The first kappa shape index (κ1) is 14.7. The third kappa shape index (κ3) is 3.04. The Labute approximate surface area is 138 Å². The van der Waals surface area contributed by atoms with Crippen molar-refractivity contribution in [3.05, 3.63) is 57.6 Å². The number of rotatable bonds is 2. The van der Waals surface area contributed by atoms with Gasteiger partial charge in [-0.2, -0.15) is 0 Å². The maximum absolute atomic E-state index is 6.67. The summed E-state index contributed by atoms with van der Waals surface area (Å²) in [6.07, 6.45) is 0.901. The fourth-order valence-electron chi connectivity index (χ4n) is 2.38. The molecule has 1 atom stereocenters. The standard InChI is InChI=1S/C17H16BrClO2/c1-11-4-2-5-13(16(11)18)17(19)12-6-7-14-15(10-12)21-9-3-8-20-14/h2,4-7,10,17H,3,8-9H2,1H3. The van der Waals surface area contributed by atoms with Crippen LogP contribution in [-0.2, 0) is 0 Å². The maximum Gasteiger partial charge on any atom is 0.161 e. The van der Waals surface area contributed by atoms with Crippen molar-refractivity contribution in [2.75, 3.05) is 13.2 Å². The molecule has 0 aromatic heterocycles. The molecule has 0 fully saturated rings. The number of alkyl halides is 1. The lowest BCUT2D eigenvalue weighted by atomic mass is 10.0. The first-order valence-electron chi connectivity index (χ1n) is 6.95. The zero-order valence-corrected chi connectivity index (χ0v) is 14.1. The molecule has 2 aromatic carbocycles. The SMILES string of the molecule is Cc1cccc(C(Cl)c2ccc3c(c2)OCCCO3)c1Br. The summed E-state index contributed by atoms with van der Waals surface area (Å²) in [5.41, 5.74) is 3.24. The molecule has 0 bridgehead atoms. The van der Waals surface area contributed by atoms with Crippen molar-refractivity contribution in [1.29, 1.82) is 0 Å². The van der Waals surface area contributed by atoms with E-state index < -0.39 is 0 Å². The van der Waals surface area contributed by atoms with E-state index in [9.17, 15) is 0 Å². The van der Waals surface area contributed by atoms with Gasteiger partial charge in [-0.1, -0.05) is 40.2 Å². The lowest BCUT2D eigenvalue weighted by molar-refractivity contribution is 0.297. The van der Waals surface area contributed by atoms with Gasteiger partial charge in [-0.25, -0.2) is 0 Å². The van der Waals surface area contributed by atoms with Crippen LogP contribution >= 0.6 is 27.5 Å². The van der Waals surface area contributed by atoms with Crippen LogP contribution in [0.3, 0.4) is 0 Å². The molecule has 0 saturated carbocycles. The van der Waals surface area contributed by atoms with Crippen LogP contribution < -0.4 is 9.47 Å². The highest BCUT2D eigenvalue weighted by Gasteiger charge is 2.18. The molecule has 21 heavy (non-hydrogen) atoms. The molecule has 0 aliphatic carbocycles. The van der Waals surface area contributed by atoms with Crippen LogP contribution in [0.4, 0.5) is 0 Å². The van der Waals surface area contributed by atoms with Crippen molar-refractivity contribution >= 4 is 27.5 Å². The number of benzene rings is 2. The van der Waals surface area contributed by atoms with Gasteiger partial charge in [-0.3, -0.25) is 0 Å². The molecule has 0 spiro atoms. The quantitative estimate of drug-likeness (QED) is 0.675. The van der Waals surface area contributed by atoms with E-state index in [0.29, 0.717) is 13.2 Å². The monoisotopic (exact) mass is 366 g/mol.